The normalized spacial score (nSPS) is 12.6. The molecule has 0 radical (unpaired) electrons. The Kier molecular flexibility index (Phi) is 6.13. The number of hydrogen-bond acceptors (Lipinski definition) is 4. The molecule has 0 unspecified atom stereocenters. The zero-order valence-electron chi connectivity index (χ0n) is 12.8. The Morgan fingerprint density at radius 1 is 1.15 bits per heavy atom. The van der Waals surface area contributed by atoms with Crippen LogP contribution in [0.5, 0.6) is 0 Å². The van der Waals surface area contributed by atoms with E-state index in [2.05, 4.69) is 24.0 Å². The van der Waals surface area contributed by atoms with Gasteiger partial charge in [0.2, 0.25) is 0 Å². The first-order chi connectivity index (χ1) is 9.31. The predicted octanol–water partition coefficient (Wildman–Crippen LogP) is 2.27. The second-order valence-electron chi connectivity index (χ2n) is 5.66. The SMILES string of the molecule is CCCC(CCC)c1nnc(S(N)(=O)=O)n1CC(C)C. The highest BCUT2D eigenvalue weighted by Gasteiger charge is 2.25. The lowest BCUT2D eigenvalue weighted by Crippen LogP contribution is -2.22. The maximum Gasteiger partial charge on any atom is 0.273 e. The topological polar surface area (TPSA) is 90.9 Å². The molecule has 1 aromatic rings. The average molecular weight is 302 g/mol. The van der Waals surface area contributed by atoms with Crippen molar-refractivity contribution in [3.05, 3.63) is 5.82 Å². The molecule has 6 nitrogen and oxygen atoms in total. The summed E-state index contributed by atoms with van der Waals surface area (Å²) < 4.78 is 25.0. The molecule has 2 N–H and O–H groups in total. The fraction of sp³-hybridized carbons (Fsp3) is 0.846. The van der Waals surface area contributed by atoms with E-state index in [-0.39, 0.29) is 11.1 Å². The number of nitrogens with two attached hydrogens (primary N) is 1. The molecule has 7 heteroatoms. The maximum absolute atomic E-state index is 11.6. The standard InChI is InChI=1S/C13H26N4O2S/c1-5-7-11(8-6-2)12-15-16-13(20(14,18)19)17(12)9-10(3)4/h10-11H,5-9H2,1-4H3,(H2,14,18,19). The van der Waals surface area contributed by atoms with Crippen LogP contribution in [0.4, 0.5) is 0 Å². The van der Waals surface area contributed by atoms with Crippen LogP contribution in [-0.2, 0) is 16.6 Å². The van der Waals surface area contributed by atoms with Crippen LogP contribution in [0.15, 0.2) is 5.16 Å². The van der Waals surface area contributed by atoms with Crippen LogP contribution in [0.1, 0.15) is 65.1 Å². The highest BCUT2D eigenvalue weighted by molar-refractivity contribution is 7.89. The molecule has 0 aliphatic carbocycles. The number of nitrogens with zero attached hydrogens (tertiary/aromatic N) is 3. The number of primary sulfonamides is 1. The third-order valence-electron chi connectivity index (χ3n) is 3.19. The van der Waals surface area contributed by atoms with Gasteiger partial charge in [-0.05, 0) is 18.8 Å². The van der Waals surface area contributed by atoms with Gasteiger partial charge in [0.05, 0.1) is 0 Å². The van der Waals surface area contributed by atoms with Crippen LogP contribution >= 0.6 is 0 Å². The summed E-state index contributed by atoms with van der Waals surface area (Å²) in [5, 5.41) is 13.1. The fourth-order valence-corrected chi connectivity index (χ4v) is 3.08. The lowest BCUT2D eigenvalue weighted by molar-refractivity contribution is 0.437. The Labute approximate surface area is 121 Å². The molecule has 20 heavy (non-hydrogen) atoms. The zero-order valence-corrected chi connectivity index (χ0v) is 13.7. The van der Waals surface area contributed by atoms with Gasteiger partial charge in [0.15, 0.2) is 0 Å². The lowest BCUT2D eigenvalue weighted by atomic mass is 9.97. The van der Waals surface area contributed by atoms with Gasteiger partial charge in [0, 0.05) is 12.5 Å². The van der Waals surface area contributed by atoms with Gasteiger partial charge in [0.1, 0.15) is 5.82 Å². The molecule has 0 saturated heterocycles. The van der Waals surface area contributed by atoms with Crippen LogP contribution in [0.2, 0.25) is 0 Å². The molecule has 116 valence electrons. The van der Waals surface area contributed by atoms with Crippen molar-refractivity contribution in [1.82, 2.24) is 14.8 Å². The van der Waals surface area contributed by atoms with E-state index in [1.54, 1.807) is 4.57 Å². The van der Waals surface area contributed by atoms with Gasteiger partial charge in [0.25, 0.3) is 15.2 Å². The van der Waals surface area contributed by atoms with Crippen molar-refractivity contribution in [3.8, 4) is 0 Å². The van der Waals surface area contributed by atoms with Crippen LogP contribution < -0.4 is 5.14 Å². The molecule has 0 bridgehead atoms. The summed E-state index contributed by atoms with van der Waals surface area (Å²) >= 11 is 0. The van der Waals surface area contributed by atoms with Crippen LogP contribution in [0.3, 0.4) is 0 Å². The van der Waals surface area contributed by atoms with Gasteiger partial charge in [-0.3, -0.25) is 0 Å². The third kappa shape index (κ3) is 4.28. The number of sulfonamides is 1. The summed E-state index contributed by atoms with van der Waals surface area (Å²) in [7, 11) is -3.83. The molecule has 0 saturated carbocycles. The number of hydrogen-bond donors (Lipinski definition) is 1. The van der Waals surface area contributed by atoms with Gasteiger partial charge in [-0.15, -0.1) is 10.2 Å². The van der Waals surface area contributed by atoms with E-state index in [1.165, 1.54) is 0 Å². The largest absolute Gasteiger partial charge is 0.300 e. The van der Waals surface area contributed by atoms with Crippen molar-refractivity contribution in [3.63, 3.8) is 0 Å². The number of aromatic nitrogens is 3. The van der Waals surface area contributed by atoms with Crippen LogP contribution in [-0.4, -0.2) is 23.2 Å². The Hall–Kier alpha value is -0.950. The minimum atomic E-state index is -3.83. The summed E-state index contributed by atoms with van der Waals surface area (Å²) in [5.74, 6) is 1.30. The van der Waals surface area contributed by atoms with Gasteiger partial charge in [-0.2, -0.15) is 0 Å². The van der Waals surface area contributed by atoms with Crippen LogP contribution in [0.25, 0.3) is 0 Å². The van der Waals surface area contributed by atoms with E-state index in [4.69, 9.17) is 5.14 Å². The first-order valence-electron chi connectivity index (χ1n) is 7.27. The van der Waals surface area contributed by atoms with Crippen molar-refractivity contribution in [2.45, 2.75) is 71.0 Å². The molecule has 0 aliphatic rings. The third-order valence-corrected chi connectivity index (χ3v) is 4.00. The maximum atomic E-state index is 11.6. The van der Waals surface area contributed by atoms with Crippen molar-refractivity contribution >= 4 is 10.0 Å². The van der Waals surface area contributed by atoms with Crippen molar-refractivity contribution in [2.75, 3.05) is 0 Å². The van der Waals surface area contributed by atoms with Gasteiger partial charge in [-0.1, -0.05) is 40.5 Å². The summed E-state index contributed by atoms with van der Waals surface area (Å²) in [6, 6.07) is 0. The Bertz CT molecular complexity index is 516. The molecule has 0 atom stereocenters. The first kappa shape index (κ1) is 17.1. The lowest BCUT2D eigenvalue weighted by Gasteiger charge is -2.18. The molecular formula is C13H26N4O2S. The molecule has 0 spiro atoms. The van der Waals surface area contributed by atoms with E-state index >= 15 is 0 Å². The van der Waals surface area contributed by atoms with Gasteiger partial charge < -0.3 is 4.57 Å². The summed E-state index contributed by atoms with van der Waals surface area (Å²) in [6.07, 6.45) is 4.03. The van der Waals surface area contributed by atoms with Crippen LogP contribution in [0, 0.1) is 5.92 Å². The summed E-state index contributed by atoms with van der Waals surface area (Å²) in [6.45, 7) is 8.87. The highest BCUT2D eigenvalue weighted by Crippen LogP contribution is 2.27. The number of rotatable bonds is 8. The molecule has 0 aliphatic heterocycles. The summed E-state index contributed by atoms with van der Waals surface area (Å²) in [4.78, 5) is 0. The monoisotopic (exact) mass is 302 g/mol. The van der Waals surface area contributed by atoms with Gasteiger partial charge in [-0.25, -0.2) is 13.6 Å². The quantitative estimate of drug-likeness (QED) is 0.797. The molecule has 1 rings (SSSR count). The van der Waals surface area contributed by atoms with Crippen molar-refractivity contribution in [1.29, 1.82) is 0 Å². The first-order valence-corrected chi connectivity index (χ1v) is 8.81. The predicted molar refractivity (Wildman–Crippen MR) is 78.8 cm³/mol. The Morgan fingerprint density at radius 3 is 2.10 bits per heavy atom. The Balaban J connectivity index is 3.27. The molecular weight excluding hydrogens is 276 g/mol. The molecule has 1 aromatic heterocycles. The Morgan fingerprint density at radius 2 is 1.70 bits per heavy atom. The smallest absolute Gasteiger partial charge is 0.273 e. The van der Waals surface area contributed by atoms with E-state index < -0.39 is 10.0 Å². The second kappa shape index (κ2) is 7.17. The van der Waals surface area contributed by atoms with E-state index in [9.17, 15) is 8.42 Å². The molecule has 0 fully saturated rings. The molecule has 0 aromatic carbocycles. The summed E-state index contributed by atoms with van der Waals surface area (Å²) in [5.41, 5.74) is 0. The van der Waals surface area contributed by atoms with Crippen molar-refractivity contribution in [2.24, 2.45) is 11.1 Å². The minimum absolute atomic E-state index is 0.113. The van der Waals surface area contributed by atoms with Gasteiger partial charge >= 0.3 is 0 Å². The highest BCUT2D eigenvalue weighted by atomic mass is 32.2. The fourth-order valence-electron chi connectivity index (χ4n) is 2.45. The molecule has 0 amide bonds. The van der Waals surface area contributed by atoms with E-state index in [1.807, 2.05) is 13.8 Å². The van der Waals surface area contributed by atoms with Crippen molar-refractivity contribution < 1.29 is 8.42 Å². The van der Waals surface area contributed by atoms with E-state index in [0.29, 0.717) is 12.5 Å². The molecule has 1 heterocycles. The second-order valence-corrected chi connectivity index (χ2v) is 7.12. The minimum Gasteiger partial charge on any atom is -0.300 e. The van der Waals surface area contributed by atoms with E-state index in [0.717, 1.165) is 31.5 Å². The average Bonchev–Trinajstić information content (AvgIpc) is 2.71. The zero-order chi connectivity index (χ0) is 15.3.